The van der Waals surface area contributed by atoms with E-state index in [1.165, 1.54) is 7.11 Å². The highest BCUT2D eigenvalue weighted by molar-refractivity contribution is 5.31. The molecule has 84 valence electrons. The zero-order valence-electron chi connectivity index (χ0n) is 9.51. The lowest BCUT2D eigenvalue weighted by Crippen LogP contribution is -2.26. The van der Waals surface area contributed by atoms with Crippen molar-refractivity contribution in [2.75, 3.05) is 14.2 Å². The second kappa shape index (κ2) is 5.71. The summed E-state index contributed by atoms with van der Waals surface area (Å²) >= 11 is 0. The molecule has 0 spiro atoms. The summed E-state index contributed by atoms with van der Waals surface area (Å²) in [5.41, 5.74) is 0.704. The van der Waals surface area contributed by atoms with Gasteiger partial charge >= 0.3 is 0 Å². The van der Waals surface area contributed by atoms with Crippen molar-refractivity contribution in [1.29, 1.82) is 0 Å². The van der Waals surface area contributed by atoms with Gasteiger partial charge in [-0.1, -0.05) is 19.1 Å². The first-order valence-electron chi connectivity index (χ1n) is 5.21. The maximum atomic E-state index is 13.8. The molecule has 0 aliphatic carbocycles. The first-order chi connectivity index (χ1) is 7.22. The van der Waals surface area contributed by atoms with Crippen LogP contribution < -0.4 is 10.1 Å². The van der Waals surface area contributed by atoms with Gasteiger partial charge in [0.15, 0.2) is 11.6 Å². The van der Waals surface area contributed by atoms with Gasteiger partial charge in [0.2, 0.25) is 0 Å². The summed E-state index contributed by atoms with van der Waals surface area (Å²) in [5.74, 6) is 0.0761. The number of likely N-dealkylation sites (N-methyl/N-ethyl adjacent to an activating group) is 1. The summed E-state index contributed by atoms with van der Waals surface area (Å²) in [6.07, 6.45) is 1.67. The Labute approximate surface area is 90.4 Å². The summed E-state index contributed by atoms with van der Waals surface area (Å²) in [6.45, 7) is 2.08. The van der Waals surface area contributed by atoms with Crippen LogP contribution in [-0.2, 0) is 6.42 Å². The van der Waals surface area contributed by atoms with Crippen LogP contribution in [0.15, 0.2) is 18.2 Å². The third-order valence-corrected chi connectivity index (χ3v) is 2.63. The zero-order chi connectivity index (χ0) is 11.3. The minimum Gasteiger partial charge on any atom is -0.494 e. The average molecular weight is 211 g/mol. The van der Waals surface area contributed by atoms with Crippen LogP contribution in [0.5, 0.6) is 5.75 Å². The Hall–Kier alpha value is -1.09. The molecule has 1 aromatic rings. The molecule has 0 bridgehead atoms. The van der Waals surface area contributed by atoms with Gasteiger partial charge in [0.1, 0.15) is 0 Å². The van der Waals surface area contributed by atoms with Crippen LogP contribution in [0.4, 0.5) is 4.39 Å². The van der Waals surface area contributed by atoms with E-state index in [1.54, 1.807) is 12.1 Å². The number of hydrogen-bond donors (Lipinski definition) is 1. The Morgan fingerprint density at radius 1 is 1.47 bits per heavy atom. The number of halogens is 1. The van der Waals surface area contributed by atoms with Crippen molar-refractivity contribution in [3.05, 3.63) is 29.6 Å². The van der Waals surface area contributed by atoms with E-state index in [2.05, 4.69) is 12.2 Å². The molecule has 1 N–H and O–H groups in total. The van der Waals surface area contributed by atoms with Crippen LogP contribution in [0.25, 0.3) is 0 Å². The largest absolute Gasteiger partial charge is 0.494 e. The number of benzene rings is 1. The summed E-state index contributed by atoms with van der Waals surface area (Å²) in [4.78, 5) is 0. The summed E-state index contributed by atoms with van der Waals surface area (Å²) in [7, 11) is 3.38. The minimum atomic E-state index is -0.242. The van der Waals surface area contributed by atoms with Gasteiger partial charge in [-0.05, 0) is 31.5 Å². The first-order valence-corrected chi connectivity index (χ1v) is 5.21. The molecule has 2 nitrogen and oxygen atoms in total. The Balaban J connectivity index is 2.85. The number of methoxy groups -OCH3 is 1. The van der Waals surface area contributed by atoms with Crippen molar-refractivity contribution in [2.24, 2.45) is 0 Å². The second-order valence-electron chi connectivity index (χ2n) is 3.53. The fourth-order valence-electron chi connectivity index (χ4n) is 1.59. The molecule has 15 heavy (non-hydrogen) atoms. The summed E-state index contributed by atoms with van der Waals surface area (Å²) in [5, 5.41) is 3.16. The van der Waals surface area contributed by atoms with Gasteiger partial charge in [0, 0.05) is 6.04 Å². The number of ether oxygens (including phenoxy) is 1. The minimum absolute atomic E-state index is 0.242. The molecule has 0 heterocycles. The van der Waals surface area contributed by atoms with Gasteiger partial charge in [-0.15, -0.1) is 0 Å². The zero-order valence-corrected chi connectivity index (χ0v) is 9.51. The molecule has 3 heteroatoms. The van der Waals surface area contributed by atoms with Gasteiger partial charge in [-0.25, -0.2) is 4.39 Å². The van der Waals surface area contributed by atoms with Crippen LogP contribution in [-0.4, -0.2) is 20.2 Å². The standard InChI is InChI=1S/C12H18FNO/c1-4-10(14-2)8-9-6-5-7-11(15-3)12(9)13/h5-7,10,14H,4,8H2,1-3H3. The highest BCUT2D eigenvalue weighted by Gasteiger charge is 2.11. The second-order valence-corrected chi connectivity index (χ2v) is 3.53. The Morgan fingerprint density at radius 3 is 2.73 bits per heavy atom. The van der Waals surface area contributed by atoms with Crippen LogP contribution in [0.3, 0.4) is 0 Å². The van der Waals surface area contributed by atoms with E-state index in [-0.39, 0.29) is 5.82 Å². The van der Waals surface area contributed by atoms with Crippen LogP contribution in [0.2, 0.25) is 0 Å². The van der Waals surface area contributed by atoms with Crippen molar-refractivity contribution >= 4 is 0 Å². The normalized spacial score (nSPS) is 12.5. The summed E-state index contributed by atoms with van der Waals surface area (Å²) in [6, 6.07) is 5.57. The third kappa shape index (κ3) is 2.93. The van der Waals surface area contributed by atoms with E-state index in [0.29, 0.717) is 23.8 Å². The molecule has 0 fully saturated rings. The molecule has 0 aliphatic heterocycles. The van der Waals surface area contributed by atoms with Crippen LogP contribution in [0.1, 0.15) is 18.9 Å². The molecule has 0 saturated carbocycles. The fraction of sp³-hybridized carbons (Fsp3) is 0.500. The molecule has 0 saturated heterocycles. The molecule has 1 aromatic carbocycles. The molecule has 1 atom stereocenters. The summed E-state index contributed by atoms with van der Waals surface area (Å²) < 4.78 is 18.7. The fourth-order valence-corrected chi connectivity index (χ4v) is 1.59. The van der Waals surface area contributed by atoms with E-state index < -0.39 is 0 Å². The van der Waals surface area contributed by atoms with Gasteiger partial charge in [0.05, 0.1) is 7.11 Å². The van der Waals surface area contributed by atoms with E-state index in [9.17, 15) is 4.39 Å². The lowest BCUT2D eigenvalue weighted by Gasteiger charge is -2.15. The lowest BCUT2D eigenvalue weighted by atomic mass is 10.0. The molecular weight excluding hydrogens is 193 g/mol. The quantitative estimate of drug-likeness (QED) is 0.807. The van der Waals surface area contributed by atoms with E-state index >= 15 is 0 Å². The van der Waals surface area contributed by atoms with Crippen LogP contribution in [0, 0.1) is 5.82 Å². The van der Waals surface area contributed by atoms with Crippen molar-refractivity contribution in [2.45, 2.75) is 25.8 Å². The highest BCUT2D eigenvalue weighted by atomic mass is 19.1. The third-order valence-electron chi connectivity index (χ3n) is 2.63. The Morgan fingerprint density at radius 2 is 2.20 bits per heavy atom. The molecule has 0 radical (unpaired) electrons. The molecule has 0 aliphatic rings. The van der Waals surface area contributed by atoms with E-state index in [4.69, 9.17) is 4.74 Å². The number of hydrogen-bond acceptors (Lipinski definition) is 2. The topological polar surface area (TPSA) is 21.3 Å². The maximum Gasteiger partial charge on any atom is 0.168 e. The van der Waals surface area contributed by atoms with Crippen LogP contribution >= 0.6 is 0 Å². The average Bonchev–Trinajstić information content (AvgIpc) is 2.28. The van der Waals surface area contributed by atoms with E-state index in [1.807, 2.05) is 13.1 Å². The van der Waals surface area contributed by atoms with Crippen molar-refractivity contribution < 1.29 is 9.13 Å². The lowest BCUT2D eigenvalue weighted by molar-refractivity contribution is 0.382. The number of nitrogens with one attached hydrogen (secondary N) is 1. The van der Waals surface area contributed by atoms with Gasteiger partial charge in [-0.3, -0.25) is 0 Å². The van der Waals surface area contributed by atoms with E-state index in [0.717, 1.165) is 6.42 Å². The van der Waals surface area contributed by atoms with Gasteiger partial charge in [-0.2, -0.15) is 0 Å². The molecule has 0 amide bonds. The smallest absolute Gasteiger partial charge is 0.168 e. The van der Waals surface area contributed by atoms with Crippen molar-refractivity contribution in [3.8, 4) is 5.75 Å². The van der Waals surface area contributed by atoms with Gasteiger partial charge < -0.3 is 10.1 Å². The highest BCUT2D eigenvalue weighted by Crippen LogP contribution is 2.21. The first kappa shape index (κ1) is 12.0. The molecular formula is C12H18FNO. The monoisotopic (exact) mass is 211 g/mol. The Bertz CT molecular complexity index is 310. The SMILES string of the molecule is CCC(Cc1cccc(OC)c1F)NC. The Kier molecular flexibility index (Phi) is 4.56. The maximum absolute atomic E-state index is 13.8. The molecule has 1 rings (SSSR count). The van der Waals surface area contributed by atoms with Crippen molar-refractivity contribution in [3.63, 3.8) is 0 Å². The predicted molar refractivity (Wildman–Crippen MR) is 59.8 cm³/mol. The predicted octanol–water partition coefficient (Wildman–Crippen LogP) is 2.37. The van der Waals surface area contributed by atoms with Gasteiger partial charge in [0.25, 0.3) is 0 Å². The number of rotatable bonds is 5. The molecule has 0 aromatic heterocycles. The van der Waals surface area contributed by atoms with Crippen molar-refractivity contribution in [1.82, 2.24) is 5.32 Å². The molecule has 1 unspecified atom stereocenters.